The molecule has 1 saturated heterocycles. The van der Waals surface area contributed by atoms with Gasteiger partial charge in [0.05, 0.1) is 11.4 Å². The number of carbonyl (C=O) groups is 1. The van der Waals surface area contributed by atoms with E-state index in [-0.39, 0.29) is 11.8 Å². The van der Waals surface area contributed by atoms with Crippen LogP contribution in [0.4, 0.5) is 11.6 Å². The predicted molar refractivity (Wildman–Crippen MR) is 128 cm³/mol. The summed E-state index contributed by atoms with van der Waals surface area (Å²) in [5.74, 6) is 1.11. The lowest BCUT2D eigenvalue weighted by atomic mass is 9.95. The first-order valence-corrected chi connectivity index (χ1v) is 12.0. The number of amides is 1. The summed E-state index contributed by atoms with van der Waals surface area (Å²) in [6.45, 7) is 5.54. The molecular weight excluding hydrogens is 420 g/mol. The van der Waals surface area contributed by atoms with Crippen LogP contribution >= 0.6 is 11.3 Å². The molecule has 1 aliphatic heterocycles. The van der Waals surface area contributed by atoms with Gasteiger partial charge in [-0.1, -0.05) is 25.1 Å². The van der Waals surface area contributed by atoms with Crippen LogP contribution in [0.2, 0.25) is 0 Å². The third kappa shape index (κ3) is 3.58. The molecule has 0 radical (unpaired) electrons. The van der Waals surface area contributed by atoms with E-state index in [1.54, 1.807) is 16.0 Å². The normalized spacial score (nSPS) is 16.6. The summed E-state index contributed by atoms with van der Waals surface area (Å²) in [6.07, 6.45) is 4.89. The van der Waals surface area contributed by atoms with Crippen molar-refractivity contribution in [1.82, 2.24) is 24.1 Å². The van der Waals surface area contributed by atoms with Crippen LogP contribution in [0.5, 0.6) is 0 Å². The number of nitrogens with zero attached hydrogens (tertiary/aromatic N) is 5. The number of imidazole rings is 1. The first-order valence-electron chi connectivity index (χ1n) is 11.2. The van der Waals surface area contributed by atoms with Crippen LogP contribution in [0.1, 0.15) is 53.1 Å². The zero-order valence-corrected chi connectivity index (χ0v) is 19.5. The van der Waals surface area contributed by atoms with Crippen molar-refractivity contribution < 1.29 is 4.79 Å². The maximum atomic E-state index is 13.4. The van der Waals surface area contributed by atoms with E-state index in [1.165, 1.54) is 0 Å². The Morgan fingerprint density at radius 2 is 2.09 bits per heavy atom. The highest BCUT2D eigenvalue weighted by molar-refractivity contribution is 7.15. The van der Waals surface area contributed by atoms with Gasteiger partial charge in [0.15, 0.2) is 0 Å². The fourth-order valence-electron chi connectivity index (χ4n) is 4.71. The minimum Gasteiger partial charge on any atom is -0.337 e. The van der Waals surface area contributed by atoms with Gasteiger partial charge < -0.3 is 10.2 Å². The number of aromatic nitrogens is 4. The van der Waals surface area contributed by atoms with Crippen LogP contribution in [0, 0.1) is 6.92 Å². The van der Waals surface area contributed by atoms with Crippen molar-refractivity contribution in [3.63, 3.8) is 0 Å². The number of piperidine rings is 1. The molecule has 1 aliphatic rings. The van der Waals surface area contributed by atoms with Gasteiger partial charge in [0.25, 0.3) is 5.91 Å². The fourth-order valence-corrected chi connectivity index (χ4v) is 5.61. The number of para-hydroxylation sites is 1. The van der Waals surface area contributed by atoms with Gasteiger partial charge in [-0.3, -0.25) is 13.9 Å². The number of benzene rings is 1. The van der Waals surface area contributed by atoms with Crippen molar-refractivity contribution in [2.45, 2.75) is 39.0 Å². The van der Waals surface area contributed by atoms with E-state index in [2.05, 4.69) is 33.3 Å². The van der Waals surface area contributed by atoms with Gasteiger partial charge in [0.1, 0.15) is 10.5 Å². The molecule has 8 heteroatoms. The topological polar surface area (TPSA) is 67.5 Å². The lowest BCUT2D eigenvalue weighted by molar-refractivity contribution is 0.0694. The number of rotatable bonds is 5. The Bertz CT molecular complexity index is 1250. The molecule has 1 atom stereocenters. The third-order valence-corrected chi connectivity index (χ3v) is 7.21. The fraction of sp³-hybridized carbons (Fsp3) is 0.375. The predicted octanol–water partition coefficient (Wildman–Crippen LogP) is 4.76. The van der Waals surface area contributed by atoms with Gasteiger partial charge in [0.2, 0.25) is 5.95 Å². The Morgan fingerprint density at radius 1 is 1.28 bits per heavy atom. The lowest BCUT2D eigenvalue weighted by Gasteiger charge is -2.32. The van der Waals surface area contributed by atoms with Gasteiger partial charge in [0, 0.05) is 48.9 Å². The number of hydrogen-bond acceptors (Lipinski definition) is 5. The van der Waals surface area contributed by atoms with E-state index in [0.717, 1.165) is 59.2 Å². The first kappa shape index (κ1) is 20.8. The molecule has 0 bridgehead atoms. The average molecular weight is 449 g/mol. The van der Waals surface area contributed by atoms with Crippen LogP contribution in [0.15, 0.2) is 41.9 Å². The van der Waals surface area contributed by atoms with Crippen molar-refractivity contribution in [3.8, 4) is 0 Å². The summed E-state index contributed by atoms with van der Waals surface area (Å²) in [6, 6.07) is 10.1. The number of fused-ring (bicyclic) bond motifs is 1. The first-order chi connectivity index (χ1) is 15.6. The van der Waals surface area contributed by atoms with E-state index in [4.69, 9.17) is 4.98 Å². The number of carbonyl (C=O) groups excluding carboxylic acids is 1. The van der Waals surface area contributed by atoms with Crippen molar-refractivity contribution in [1.29, 1.82) is 0 Å². The van der Waals surface area contributed by atoms with Gasteiger partial charge >= 0.3 is 0 Å². The van der Waals surface area contributed by atoms with Crippen molar-refractivity contribution in [2.24, 2.45) is 7.05 Å². The highest BCUT2D eigenvalue weighted by atomic mass is 32.1. The maximum Gasteiger partial charge on any atom is 0.272 e. The molecule has 1 fully saturated rings. The molecule has 1 unspecified atom stereocenters. The van der Waals surface area contributed by atoms with E-state index in [1.807, 2.05) is 49.2 Å². The standard InChI is InChI=1S/C24H28N6OS/c1-4-19-16(2)21(28(3)27-19)22(31)29-12-8-9-17(15-29)20-23-30(13-14-32-23)24(26-20)25-18-10-6-5-7-11-18/h5-7,10-11,13-14,17H,4,8-9,12,15H2,1-3H3,(H,25,26). The second kappa shape index (κ2) is 8.43. The number of thiazole rings is 1. The maximum absolute atomic E-state index is 13.4. The summed E-state index contributed by atoms with van der Waals surface area (Å²) >= 11 is 1.70. The third-order valence-electron chi connectivity index (χ3n) is 6.33. The Labute approximate surface area is 191 Å². The van der Waals surface area contributed by atoms with Crippen LogP contribution in [0.25, 0.3) is 4.83 Å². The van der Waals surface area contributed by atoms with Crippen LogP contribution in [-0.2, 0) is 13.5 Å². The summed E-state index contributed by atoms with van der Waals surface area (Å²) in [5, 5.41) is 10.1. The highest BCUT2D eigenvalue weighted by Crippen LogP contribution is 2.34. The molecule has 1 amide bonds. The summed E-state index contributed by atoms with van der Waals surface area (Å²) in [4.78, 5) is 21.6. The number of anilines is 2. The van der Waals surface area contributed by atoms with Gasteiger partial charge in [-0.25, -0.2) is 4.98 Å². The van der Waals surface area contributed by atoms with Crippen molar-refractivity contribution in [2.75, 3.05) is 18.4 Å². The quantitative estimate of drug-likeness (QED) is 0.478. The van der Waals surface area contributed by atoms with Crippen LogP contribution < -0.4 is 5.32 Å². The Hall–Kier alpha value is -3.13. The monoisotopic (exact) mass is 448 g/mol. The Morgan fingerprint density at radius 3 is 2.84 bits per heavy atom. The Kier molecular flexibility index (Phi) is 5.46. The molecule has 166 valence electrons. The van der Waals surface area contributed by atoms with Crippen molar-refractivity contribution in [3.05, 3.63) is 64.6 Å². The van der Waals surface area contributed by atoms with E-state index in [9.17, 15) is 4.79 Å². The molecule has 4 aromatic rings. The number of nitrogens with one attached hydrogen (secondary N) is 1. The summed E-state index contributed by atoms with van der Waals surface area (Å²) in [5.41, 5.74) is 4.79. The summed E-state index contributed by atoms with van der Waals surface area (Å²) < 4.78 is 3.86. The number of hydrogen-bond donors (Lipinski definition) is 1. The molecule has 7 nitrogen and oxygen atoms in total. The zero-order valence-electron chi connectivity index (χ0n) is 18.7. The highest BCUT2D eigenvalue weighted by Gasteiger charge is 2.31. The molecule has 3 aromatic heterocycles. The van der Waals surface area contributed by atoms with Crippen LogP contribution in [-0.4, -0.2) is 43.1 Å². The Balaban J connectivity index is 1.42. The van der Waals surface area contributed by atoms with E-state index >= 15 is 0 Å². The molecule has 0 aliphatic carbocycles. The molecule has 1 N–H and O–H groups in total. The molecule has 5 rings (SSSR count). The van der Waals surface area contributed by atoms with E-state index < -0.39 is 0 Å². The molecule has 1 aromatic carbocycles. The SMILES string of the molecule is CCc1nn(C)c(C(=O)N2CCCC(c3nc(Nc4ccccc4)n4ccsc34)C2)c1C. The average Bonchev–Trinajstić information content (AvgIpc) is 3.49. The van der Waals surface area contributed by atoms with E-state index in [0.29, 0.717) is 12.2 Å². The van der Waals surface area contributed by atoms with Gasteiger partial charge in [-0.15, -0.1) is 11.3 Å². The number of aryl methyl sites for hydroxylation is 2. The molecular formula is C24H28N6OS. The smallest absolute Gasteiger partial charge is 0.272 e. The second-order valence-electron chi connectivity index (χ2n) is 8.38. The minimum atomic E-state index is 0.0752. The lowest BCUT2D eigenvalue weighted by Crippen LogP contribution is -2.40. The van der Waals surface area contributed by atoms with Gasteiger partial charge in [-0.2, -0.15) is 5.10 Å². The van der Waals surface area contributed by atoms with Gasteiger partial charge in [-0.05, 0) is 38.3 Å². The molecule has 0 saturated carbocycles. The molecule has 0 spiro atoms. The van der Waals surface area contributed by atoms with Crippen LogP contribution in [0.3, 0.4) is 0 Å². The minimum absolute atomic E-state index is 0.0752. The summed E-state index contributed by atoms with van der Waals surface area (Å²) in [7, 11) is 1.87. The molecule has 4 heterocycles. The van der Waals surface area contributed by atoms with Crippen molar-refractivity contribution >= 4 is 33.7 Å². The second-order valence-corrected chi connectivity index (χ2v) is 9.27. The number of likely N-dealkylation sites (tertiary alicyclic amines) is 1. The zero-order chi connectivity index (χ0) is 22.2. The molecule has 32 heavy (non-hydrogen) atoms. The largest absolute Gasteiger partial charge is 0.337 e.